The van der Waals surface area contributed by atoms with Crippen LogP contribution in [0.15, 0.2) is 12.4 Å². The van der Waals surface area contributed by atoms with Gasteiger partial charge in [0.15, 0.2) is 0 Å². The van der Waals surface area contributed by atoms with Gasteiger partial charge in [0.25, 0.3) is 0 Å². The predicted octanol–water partition coefficient (Wildman–Crippen LogP) is 1.67. The van der Waals surface area contributed by atoms with Crippen LogP contribution in [0.3, 0.4) is 0 Å². The number of carbonyl (C=O) groups is 1. The van der Waals surface area contributed by atoms with Gasteiger partial charge < -0.3 is 14.4 Å². The summed E-state index contributed by atoms with van der Waals surface area (Å²) in [4.78, 5) is 15.3. The molecule has 4 rings (SSSR count). The first kappa shape index (κ1) is 15.1. The molecule has 3 aliphatic rings. The Morgan fingerprint density at radius 2 is 2.09 bits per heavy atom. The Morgan fingerprint density at radius 3 is 2.91 bits per heavy atom. The number of rotatable bonds is 2. The van der Waals surface area contributed by atoms with Crippen molar-refractivity contribution in [2.24, 2.45) is 13.0 Å². The molecule has 126 valence electrons. The molecule has 2 saturated heterocycles. The van der Waals surface area contributed by atoms with Gasteiger partial charge in [-0.05, 0) is 19.3 Å². The number of ether oxygens (including phenoxy) is 2. The van der Waals surface area contributed by atoms with Crippen LogP contribution in [0.25, 0.3) is 0 Å². The lowest BCUT2D eigenvalue weighted by molar-refractivity contribution is -0.155. The van der Waals surface area contributed by atoms with E-state index in [1.165, 1.54) is 12.8 Å². The number of fused-ring (bicyclic) bond motifs is 1. The van der Waals surface area contributed by atoms with Crippen LogP contribution in [0.5, 0.6) is 0 Å². The molecule has 0 bridgehead atoms. The van der Waals surface area contributed by atoms with E-state index in [9.17, 15) is 4.79 Å². The van der Waals surface area contributed by atoms with Gasteiger partial charge in [-0.1, -0.05) is 12.8 Å². The molecular weight excluding hydrogens is 294 g/mol. The predicted molar refractivity (Wildman–Crippen MR) is 83.7 cm³/mol. The van der Waals surface area contributed by atoms with Gasteiger partial charge in [0.1, 0.15) is 0 Å². The monoisotopic (exact) mass is 319 g/mol. The van der Waals surface area contributed by atoms with Crippen LogP contribution in [-0.4, -0.2) is 52.5 Å². The molecule has 3 fully saturated rings. The molecule has 0 aromatic carbocycles. The average Bonchev–Trinajstić information content (AvgIpc) is 3.22. The Balaban J connectivity index is 1.53. The van der Waals surface area contributed by atoms with Crippen LogP contribution in [0.1, 0.15) is 43.8 Å². The summed E-state index contributed by atoms with van der Waals surface area (Å²) in [7, 11) is 1.89. The lowest BCUT2D eigenvalue weighted by Gasteiger charge is -2.44. The SMILES string of the molecule is Cn1cc([C@H]2OCC[C@@H]2C(=O)N2CCO[C@H]3CCCC[C@@H]32)cn1. The average molecular weight is 319 g/mol. The Hall–Kier alpha value is -1.40. The van der Waals surface area contributed by atoms with Crippen molar-refractivity contribution in [1.29, 1.82) is 0 Å². The number of aryl methyl sites for hydroxylation is 1. The van der Waals surface area contributed by atoms with E-state index in [1.54, 1.807) is 4.68 Å². The summed E-state index contributed by atoms with van der Waals surface area (Å²) in [5, 5.41) is 4.22. The third-order valence-electron chi connectivity index (χ3n) is 5.48. The highest BCUT2D eigenvalue weighted by molar-refractivity contribution is 5.80. The zero-order valence-electron chi connectivity index (χ0n) is 13.7. The topological polar surface area (TPSA) is 56.6 Å². The van der Waals surface area contributed by atoms with E-state index >= 15 is 0 Å². The van der Waals surface area contributed by atoms with Crippen LogP contribution in [0, 0.1) is 5.92 Å². The zero-order chi connectivity index (χ0) is 15.8. The second-order valence-corrected chi connectivity index (χ2v) is 6.93. The minimum absolute atomic E-state index is 0.0834. The van der Waals surface area contributed by atoms with E-state index in [-0.39, 0.29) is 30.1 Å². The first-order chi connectivity index (χ1) is 11.2. The molecular formula is C17H25N3O3. The summed E-state index contributed by atoms with van der Waals surface area (Å²) in [6.45, 7) is 2.03. The number of hydrogen-bond acceptors (Lipinski definition) is 4. The summed E-state index contributed by atoms with van der Waals surface area (Å²) >= 11 is 0. The quantitative estimate of drug-likeness (QED) is 0.832. The molecule has 6 heteroatoms. The number of morpholine rings is 1. The normalized spacial score (nSPS) is 34.4. The van der Waals surface area contributed by atoms with Gasteiger partial charge in [0, 0.05) is 32.0 Å². The molecule has 1 aliphatic carbocycles. The summed E-state index contributed by atoms with van der Waals surface area (Å²) < 4.78 is 13.6. The second-order valence-electron chi connectivity index (χ2n) is 6.93. The lowest BCUT2D eigenvalue weighted by Crippen LogP contribution is -2.56. The van der Waals surface area contributed by atoms with Crippen LogP contribution >= 0.6 is 0 Å². The number of hydrogen-bond donors (Lipinski definition) is 0. The van der Waals surface area contributed by atoms with E-state index in [1.807, 2.05) is 19.4 Å². The number of aromatic nitrogens is 2. The fourth-order valence-electron chi connectivity index (χ4n) is 4.34. The maximum Gasteiger partial charge on any atom is 0.229 e. The summed E-state index contributed by atoms with van der Waals surface area (Å²) in [6, 6.07) is 0.264. The van der Waals surface area contributed by atoms with Crippen molar-refractivity contribution in [1.82, 2.24) is 14.7 Å². The Labute approximate surface area is 136 Å². The minimum Gasteiger partial charge on any atom is -0.374 e. The van der Waals surface area contributed by atoms with E-state index in [2.05, 4.69) is 10.00 Å². The van der Waals surface area contributed by atoms with Crippen LogP contribution in [-0.2, 0) is 21.3 Å². The van der Waals surface area contributed by atoms with Crippen LogP contribution < -0.4 is 0 Å². The molecule has 0 spiro atoms. The standard InChI is InChI=1S/C17H25N3O3/c1-19-11-12(10-18-19)16-13(6-8-23-16)17(21)20-7-9-22-15-5-3-2-4-14(15)20/h10-11,13-16H,2-9H2,1H3/t13-,14-,15-,16+/m0/s1. The lowest BCUT2D eigenvalue weighted by atomic mass is 9.88. The maximum atomic E-state index is 13.2. The highest BCUT2D eigenvalue weighted by atomic mass is 16.5. The van der Waals surface area contributed by atoms with E-state index < -0.39 is 0 Å². The molecule has 2 aliphatic heterocycles. The highest BCUT2D eigenvalue weighted by Gasteiger charge is 2.43. The van der Waals surface area contributed by atoms with Gasteiger partial charge >= 0.3 is 0 Å². The second kappa shape index (κ2) is 6.24. The maximum absolute atomic E-state index is 13.2. The van der Waals surface area contributed by atoms with Crippen LogP contribution in [0.2, 0.25) is 0 Å². The molecule has 6 nitrogen and oxygen atoms in total. The molecule has 0 radical (unpaired) electrons. The van der Waals surface area contributed by atoms with Crippen molar-refractivity contribution in [2.75, 3.05) is 19.8 Å². The van der Waals surface area contributed by atoms with Gasteiger partial charge in [-0.3, -0.25) is 9.48 Å². The Morgan fingerprint density at radius 1 is 1.22 bits per heavy atom. The number of amides is 1. The molecule has 0 N–H and O–H groups in total. The molecule has 1 amide bonds. The zero-order valence-corrected chi connectivity index (χ0v) is 13.7. The molecule has 1 aromatic heterocycles. The largest absolute Gasteiger partial charge is 0.374 e. The smallest absolute Gasteiger partial charge is 0.229 e. The number of carbonyl (C=O) groups excluding carboxylic acids is 1. The minimum atomic E-state index is -0.152. The van der Waals surface area contributed by atoms with Crippen molar-refractivity contribution in [3.05, 3.63) is 18.0 Å². The molecule has 1 saturated carbocycles. The van der Waals surface area contributed by atoms with Crippen molar-refractivity contribution < 1.29 is 14.3 Å². The molecule has 4 atom stereocenters. The van der Waals surface area contributed by atoms with Gasteiger partial charge in [-0.25, -0.2) is 0 Å². The molecule has 0 unspecified atom stereocenters. The fourth-order valence-corrected chi connectivity index (χ4v) is 4.34. The van der Waals surface area contributed by atoms with Gasteiger partial charge in [-0.15, -0.1) is 0 Å². The number of nitrogens with zero attached hydrogens (tertiary/aromatic N) is 3. The van der Waals surface area contributed by atoms with Gasteiger partial charge in [0.05, 0.1) is 37.0 Å². The Kier molecular flexibility index (Phi) is 4.11. The first-order valence-electron chi connectivity index (χ1n) is 8.76. The summed E-state index contributed by atoms with van der Waals surface area (Å²) in [5.74, 6) is 0.163. The molecule has 1 aromatic rings. The van der Waals surface area contributed by atoms with Gasteiger partial charge in [0.2, 0.25) is 5.91 Å². The third kappa shape index (κ3) is 2.78. The highest BCUT2D eigenvalue weighted by Crippen LogP contribution is 2.38. The third-order valence-corrected chi connectivity index (χ3v) is 5.48. The molecule has 3 heterocycles. The first-order valence-corrected chi connectivity index (χ1v) is 8.76. The van der Waals surface area contributed by atoms with E-state index in [4.69, 9.17) is 9.47 Å². The van der Waals surface area contributed by atoms with Crippen LogP contribution in [0.4, 0.5) is 0 Å². The summed E-state index contributed by atoms with van der Waals surface area (Å²) in [5.41, 5.74) is 1.01. The van der Waals surface area contributed by atoms with E-state index in [0.717, 1.165) is 31.4 Å². The van der Waals surface area contributed by atoms with Crippen molar-refractivity contribution >= 4 is 5.91 Å². The Bertz CT molecular complexity index is 571. The van der Waals surface area contributed by atoms with Crippen molar-refractivity contribution in [2.45, 2.75) is 50.4 Å². The van der Waals surface area contributed by atoms with E-state index in [0.29, 0.717) is 13.2 Å². The van der Waals surface area contributed by atoms with Crippen molar-refractivity contribution in [3.63, 3.8) is 0 Å². The van der Waals surface area contributed by atoms with Crippen molar-refractivity contribution in [3.8, 4) is 0 Å². The van der Waals surface area contributed by atoms with Gasteiger partial charge in [-0.2, -0.15) is 5.10 Å². The fraction of sp³-hybridized carbons (Fsp3) is 0.765. The summed E-state index contributed by atoms with van der Waals surface area (Å²) in [6.07, 6.45) is 9.23. The molecule has 23 heavy (non-hydrogen) atoms.